The molecule has 0 radical (unpaired) electrons. The smallest absolute Gasteiger partial charge is 0.240 e. The van der Waals surface area contributed by atoms with Gasteiger partial charge in [-0.15, -0.1) is 0 Å². The van der Waals surface area contributed by atoms with Gasteiger partial charge < -0.3 is 15.0 Å². The summed E-state index contributed by atoms with van der Waals surface area (Å²) in [7, 11) is -2.01. The molecule has 0 spiro atoms. The summed E-state index contributed by atoms with van der Waals surface area (Å²) < 4.78 is 32.3. The molecule has 164 valence electrons. The van der Waals surface area contributed by atoms with Gasteiger partial charge in [0.05, 0.1) is 18.0 Å². The Morgan fingerprint density at radius 1 is 1.41 bits per heavy atom. The molecule has 0 aromatic heterocycles. The minimum absolute atomic E-state index is 0.246. The van der Waals surface area contributed by atoms with Crippen LogP contribution in [-0.2, 0) is 21.3 Å². The molecule has 1 unspecified atom stereocenters. The fourth-order valence-corrected chi connectivity index (χ4v) is 5.42. The lowest BCUT2D eigenvalue weighted by Gasteiger charge is -2.36. The first-order valence-electron chi connectivity index (χ1n) is 10.1. The third-order valence-electron chi connectivity index (χ3n) is 4.69. The number of nitrogens with zero attached hydrogens (tertiary/aromatic N) is 2. The molecule has 2 rings (SSSR count). The largest absolute Gasteiger partial charge is 0.383 e. The molecule has 1 fully saturated rings. The molecule has 1 aliphatic heterocycles. The molecule has 1 heterocycles. The van der Waals surface area contributed by atoms with E-state index in [0.29, 0.717) is 24.3 Å². The Labute approximate surface area is 179 Å². The summed E-state index contributed by atoms with van der Waals surface area (Å²) >= 11 is 2.03. The summed E-state index contributed by atoms with van der Waals surface area (Å²) in [4.78, 5) is 7.35. The van der Waals surface area contributed by atoms with E-state index in [-0.39, 0.29) is 11.4 Å². The van der Waals surface area contributed by atoms with Gasteiger partial charge >= 0.3 is 0 Å². The van der Waals surface area contributed by atoms with Crippen LogP contribution in [0.15, 0.2) is 34.2 Å². The second-order valence-corrected chi connectivity index (χ2v) is 10.4. The third-order valence-corrected chi connectivity index (χ3v) is 7.69. The third kappa shape index (κ3) is 7.47. The zero-order valence-electron chi connectivity index (χ0n) is 17.8. The van der Waals surface area contributed by atoms with Crippen molar-refractivity contribution in [1.29, 1.82) is 0 Å². The van der Waals surface area contributed by atoms with Gasteiger partial charge in [0, 0.05) is 44.3 Å². The van der Waals surface area contributed by atoms with E-state index in [1.807, 2.05) is 17.8 Å². The van der Waals surface area contributed by atoms with E-state index in [4.69, 9.17) is 9.73 Å². The Morgan fingerprint density at radius 3 is 2.90 bits per heavy atom. The van der Waals surface area contributed by atoms with E-state index in [1.54, 1.807) is 25.3 Å². The van der Waals surface area contributed by atoms with Crippen LogP contribution >= 0.6 is 11.8 Å². The molecular weight excluding hydrogens is 408 g/mol. The molecule has 0 bridgehead atoms. The highest BCUT2D eigenvalue weighted by Crippen LogP contribution is 2.25. The first-order valence-corrected chi connectivity index (χ1v) is 12.6. The van der Waals surface area contributed by atoms with Crippen molar-refractivity contribution in [3.63, 3.8) is 0 Å². The van der Waals surface area contributed by atoms with Gasteiger partial charge in [-0.25, -0.2) is 18.1 Å². The predicted octanol–water partition coefficient (Wildman–Crippen LogP) is 2.15. The summed E-state index contributed by atoms with van der Waals surface area (Å²) in [6.07, 6.45) is 0. The molecule has 7 nitrogen and oxygen atoms in total. The summed E-state index contributed by atoms with van der Waals surface area (Å²) in [6, 6.07) is 6.95. The van der Waals surface area contributed by atoms with E-state index >= 15 is 0 Å². The second-order valence-electron chi connectivity index (χ2n) is 7.31. The first-order chi connectivity index (χ1) is 13.9. The minimum atomic E-state index is -3.55. The molecular formula is C20H34N4O3S2. The summed E-state index contributed by atoms with van der Waals surface area (Å²) in [5, 5.41) is 3.98. The Bertz CT molecular complexity index is 769. The molecule has 1 saturated heterocycles. The van der Waals surface area contributed by atoms with E-state index in [9.17, 15) is 8.42 Å². The lowest BCUT2D eigenvalue weighted by Crippen LogP contribution is -2.49. The average molecular weight is 443 g/mol. The van der Waals surface area contributed by atoms with Crippen molar-refractivity contribution in [2.45, 2.75) is 37.5 Å². The van der Waals surface area contributed by atoms with Crippen molar-refractivity contribution in [3.8, 4) is 0 Å². The van der Waals surface area contributed by atoms with E-state index in [0.717, 1.165) is 36.9 Å². The molecule has 0 amide bonds. The lowest BCUT2D eigenvalue weighted by molar-refractivity contribution is 0.204. The maximum Gasteiger partial charge on any atom is 0.240 e. The molecule has 2 N–H and O–H groups in total. The number of nitrogens with one attached hydrogen (secondary N) is 2. The maximum absolute atomic E-state index is 12.4. The normalized spacial score (nSPS) is 18.3. The molecule has 1 aromatic rings. The van der Waals surface area contributed by atoms with Crippen LogP contribution in [-0.4, -0.2) is 70.2 Å². The monoisotopic (exact) mass is 442 g/mol. The van der Waals surface area contributed by atoms with Crippen LogP contribution in [0.5, 0.6) is 0 Å². The van der Waals surface area contributed by atoms with Gasteiger partial charge in [0.1, 0.15) is 0 Å². The van der Waals surface area contributed by atoms with Gasteiger partial charge in [0.15, 0.2) is 5.96 Å². The van der Waals surface area contributed by atoms with E-state index < -0.39 is 10.0 Å². The predicted molar refractivity (Wildman–Crippen MR) is 121 cm³/mol. The number of thioether (sulfide) groups is 1. The topological polar surface area (TPSA) is 83.0 Å². The molecule has 0 aliphatic carbocycles. The summed E-state index contributed by atoms with van der Waals surface area (Å²) in [5.74, 6) is 2.61. The first kappa shape index (κ1) is 24.0. The summed E-state index contributed by atoms with van der Waals surface area (Å²) in [6.45, 7) is 10.3. The van der Waals surface area contributed by atoms with Crippen molar-refractivity contribution < 1.29 is 13.2 Å². The number of guanidine groups is 1. The Kier molecular flexibility index (Phi) is 9.74. The van der Waals surface area contributed by atoms with Gasteiger partial charge in [0.2, 0.25) is 10.0 Å². The number of hydrogen-bond donors (Lipinski definition) is 2. The lowest BCUT2D eigenvalue weighted by atomic mass is 10.1. The summed E-state index contributed by atoms with van der Waals surface area (Å²) in [5.41, 5.74) is 0.863. The fourth-order valence-electron chi connectivity index (χ4n) is 3.04. The quantitative estimate of drug-likeness (QED) is 0.346. The Hall–Kier alpha value is -1.29. The molecule has 29 heavy (non-hydrogen) atoms. The highest BCUT2D eigenvalue weighted by atomic mass is 32.2. The van der Waals surface area contributed by atoms with Crippen LogP contribution in [0.3, 0.4) is 0 Å². The standard InChI is InChI=1S/C20H34N4O3S2/c1-5-21-20(24-10-12-28-19(15-24)16(2)3)22-14-17-7-6-8-18(13-17)29(25,26)23-9-11-27-4/h6-8,13,16,19,23H,5,9-12,14-15H2,1-4H3,(H,21,22). The zero-order valence-corrected chi connectivity index (χ0v) is 19.5. The molecule has 9 heteroatoms. The van der Waals surface area contributed by atoms with Gasteiger partial charge in [-0.05, 0) is 30.5 Å². The van der Waals surface area contributed by atoms with Crippen molar-refractivity contribution >= 4 is 27.7 Å². The highest BCUT2D eigenvalue weighted by Gasteiger charge is 2.24. The van der Waals surface area contributed by atoms with Gasteiger partial charge in [-0.1, -0.05) is 26.0 Å². The van der Waals surface area contributed by atoms with Crippen LogP contribution in [0.25, 0.3) is 0 Å². The van der Waals surface area contributed by atoms with Crippen LogP contribution in [0.4, 0.5) is 0 Å². The number of ether oxygens (including phenoxy) is 1. The van der Waals surface area contributed by atoms with Gasteiger partial charge in [0.25, 0.3) is 0 Å². The SMILES string of the molecule is CCNC(=NCc1cccc(S(=O)(=O)NCCOC)c1)N1CCSC(C(C)C)C1. The Balaban J connectivity index is 2.11. The van der Waals surface area contributed by atoms with Crippen LogP contribution in [0, 0.1) is 5.92 Å². The number of sulfonamides is 1. The minimum Gasteiger partial charge on any atom is -0.383 e. The van der Waals surface area contributed by atoms with Crippen LogP contribution in [0.2, 0.25) is 0 Å². The number of hydrogen-bond acceptors (Lipinski definition) is 5. The second kappa shape index (κ2) is 11.8. The van der Waals surface area contributed by atoms with Crippen molar-refractivity contribution in [2.24, 2.45) is 10.9 Å². The fraction of sp³-hybridized carbons (Fsp3) is 0.650. The van der Waals surface area contributed by atoms with Crippen LogP contribution < -0.4 is 10.0 Å². The number of methoxy groups -OCH3 is 1. The number of aliphatic imine (C=N–C) groups is 1. The van der Waals surface area contributed by atoms with Crippen LogP contribution in [0.1, 0.15) is 26.3 Å². The molecule has 1 aliphatic rings. The molecule has 1 atom stereocenters. The zero-order chi connectivity index (χ0) is 21.3. The van der Waals surface area contributed by atoms with Gasteiger partial charge in [-0.3, -0.25) is 0 Å². The maximum atomic E-state index is 12.4. The number of benzene rings is 1. The average Bonchev–Trinajstić information content (AvgIpc) is 2.71. The molecule has 0 saturated carbocycles. The molecule has 1 aromatic carbocycles. The van der Waals surface area contributed by atoms with E-state index in [2.05, 4.69) is 35.7 Å². The van der Waals surface area contributed by atoms with Crippen molar-refractivity contribution in [1.82, 2.24) is 14.9 Å². The van der Waals surface area contributed by atoms with Crippen molar-refractivity contribution in [3.05, 3.63) is 29.8 Å². The van der Waals surface area contributed by atoms with Gasteiger partial charge in [-0.2, -0.15) is 11.8 Å². The Morgan fingerprint density at radius 2 is 2.21 bits per heavy atom. The van der Waals surface area contributed by atoms with Crippen molar-refractivity contribution in [2.75, 3.05) is 45.6 Å². The highest BCUT2D eigenvalue weighted by molar-refractivity contribution is 8.00. The van der Waals surface area contributed by atoms with E-state index in [1.165, 1.54) is 0 Å². The number of rotatable bonds is 9.